The van der Waals surface area contributed by atoms with Gasteiger partial charge in [-0.25, -0.2) is 0 Å². The zero-order chi connectivity index (χ0) is 9.90. The summed E-state index contributed by atoms with van der Waals surface area (Å²) >= 11 is 0. The predicted molar refractivity (Wildman–Crippen MR) is 54.5 cm³/mol. The molecule has 78 valence electrons. The third-order valence-electron chi connectivity index (χ3n) is 2.25. The van der Waals surface area contributed by atoms with Crippen LogP contribution in [-0.2, 0) is 4.84 Å². The SMILES string of the molecule is CN1CCC(NOC(C)(C)C)CC1. The van der Waals surface area contributed by atoms with E-state index in [1.165, 1.54) is 25.9 Å². The highest BCUT2D eigenvalue weighted by Crippen LogP contribution is 2.11. The van der Waals surface area contributed by atoms with Gasteiger partial charge in [-0.2, -0.15) is 5.48 Å². The first kappa shape index (κ1) is 11.0. The van der Waals surface area contributed by atoms with Crippen LogP contribution in [0.4, 0.5) is 0 Å². The molecular weight excluding hydrogens is 164 g/mol. The molecule has 0 aromatic rings. The first-order valence-electron chi connectivity index (χ1n) is 5.09. The summed E-state index contributed by atoms with van der Waals surface area (Å²) in [6.07, 6.45) is 2.37. The topological polar surface area (TPSA) is 24.5 Å². The van der Waals surface area contributed by atoms with E-state index in [-0.39, 0.29) is 5.60 Å². The van der Waals surface area contributed by atoms with Crippen molar-refractivity contribution in [3.05, 3.63) is 0 Å². The number of nitrogens with one attached hydrogen (secondary N) is 1. The molecule has 1 aliphatic heterocycles. The van der Waals surface area contributed by atoms with Gasteiger partial charge in [0.05, 0.1) is 5.60 Å². The Bertz CT molecular complexity index is 145. The molecule has 1 saturated heterocycles. The molecule has 0 aromatic carbocycles. The number of hydrogen-bond acceptors (Lipinski definition) is 3. The van der Waals surface area contributed by atoms with Crippen LogP contribution in [-0.4, -0.2) is 36.7 Å². The van der Waals surface area contributed by atoms with E-state index in [9.17, 15) is 0 Å². The summed E-state index contributed by atoms with van der Waals surface area (Å²) in [6, 6.07) is 0.537. The maximum atomic E-state index is 5.54. The summed E-state index contributed by atoms with van der Waals surface area (Å²) in [5, 5.41) is 0. The molecule has 0 atom stereocenters. The molecule has 0 radical (unpaired) electrons. The Labute approximate surface area is 81.4 Å². The summed E-state index contributed by atoms with van der Waals surface area (Å²) in [7, 11) is 2.17. The lowest BCUT2D eigenvalue weighted by Gasteiger charge is -2.31. The van der Waals surface area contributed by atoms with Crippen molar-refractivity contribution < 1.29 is 4.84 Å². The van der Waals surface area contributed by atoms with Crippen molar-refractivity contribution in [2.45, 2.75) is 45.3 Å². The summed E-state index contributed by atoms with van der Waals surface area (Å²) in [6.45, 7) is 8.54. The number of hydroxylamine groups is 1. The number of hydrogen-bond donors (Lipinski definition) is 1. The minimum atomic E-state index is -0.0800. The van der Waals surface area contributed by atoms with Crippen molar-refractivity contribution in [1.82, 2.24) is 10.4 Å². The van der Waals surface area contributed by atoms with Crippen molar-refractivity contribution in [3.8, 4) is 0 Å². The van der Waals surface area contributed by atoms with Crippen LogP contribution in [0.2, 0.25) is 0 Å². The van der Waals surface area contributed by atoms with E-state index in [2.05, 4.69) is 38.2 Å². The maximum Gasteiger partial charge on any atom is 0.0813 e. The molecule has 0 saturated carbocycles. The van der Waals surface area contributed by atoms with E-state index >= 15 is 0 Å². The molecule has 1 heterocycles. The standard InChI is InChI=1S/C10H22N2O/c1-10(2,3)13-11-9-5-7-12(4)8-6-9/h9,11H,5-8H2,1-4H3. The van der Waals surface area contributed by atoms with Gasteiger partial charge in [-0.1, -0.05) is 0 Å². The highest BCUT2D eigenvalue weighted by atomic mass is 16.7. The van der Waals surface area contributed by atoms with Crippen molar-refractivity contribution in [2.75, 3.05) is 20.1 Å². The molecule has 1 rings (SSSR count). The lowest BCUT2D eigenvalue weighted by atomic mass is 10.1. The Balaban J connectivity index is 2.16. The lowest BCUT2D eigenvalue weighted by Crippen LogP contribution is -2.43. The van der Waals surface area contributed by atoms with Crippen LogP contribution in [0.5, 0.6) is 0 Å². The van der Waals surface area contributed by atoms with Gasteiger partial charge in [0.2, 0.25) is 0 Å². The molecule has 0 amide bonds. The van der Waals surface area contributed by atoms with Crippen molar-refractivity contribution in [1.29, 1.82) is 0 Å². The van der Waals surface area contributed by atoms with Crippen molar-refractivity contribution >= 4 is 0 Å². The van der Waals surface area contributed by atoms with Gasteiger partial charge < -0.3 is 4.90 Å². The summed E-state index contributed by atoms with van der Waals surface area (Å²) in [5.41, 5.74) is 3.08. The van der Waals surface area contributed by atoms with E-state index in [0.29, 0.717) is 6.04 Å². The molecule has 0 bridgehead atoms. The van der Waals surface area contributed by atoms with Gasteiger partial charge in [-0.3, -0.25) is 4.84 Å². The first-order valence-corrected chi connectivity index (χ1v) is 5.09. The van der Waals surface area contributed by atoms with E-state index in [1.54, 1.807) is 0 Å². The average molecular weight is 186 g/mol. The average Bonchev–Trinajstić information content (AvgIpc) is 2.02. The molecular formula is C10H22N2O. The quantitative estimate of drug-likeness (QED) is 0.660. The number of rotatable bonds is 2. The Morgan fingerprint density at radius 3 is 2.23 bits per heavy atom. The Hall–Kier alpha value is -0.120. The van der Waals surface area contributed by atoms with E-state index < -0.39 is 0 Å². The molecule has 0 spiro atoms. The molecule has 13 heavy (non-hydrogen) atoms. The Morgan fingerprint density at radius 1 is 1.23 bits per heavy atom. The molecule has 0 aliphatic carbocycles. The second-order valence-corrected chi connectivity index (χ2v) is 4.91. The van der Waals surface area contributed by atoms with Gasteiger partial charge in [0.25, 0.3) is 0 Å². The fourth-order valence-electron chi connectivity index (χ4n) is 1.39. The molecule has 3 nitrogen and oxygen atoms in total. The van der Waals surface area contributed by atoms with Gasteiger partial charge in [0.1, 0.15) is 0 Å². The predicted octanol–water partition coefficient (Wildman–Crippen LogP) is 1.40. The third-order valence-corrected chi connectivity index (χ3v) is 2.25. The number of likely N-dealkylation sites (tertiary alicyclic amines) is 1. The smallest absolute Gasteiger partial charge is 0.0813 e. The number of piperidine rings is 1. The Morgan fingerprint density at radius 2 is 1.77 bits per heavy atom. The molecule has 0 unspecified atom stereocenters. The van der Waals surface area contributed by atoms with Crippen LogP contribution in [0, 0.1) is 0 Å². The minimum Gasteiger partial charge on any atom is -0.306 e. The maximum absolute atomic E-state index is 5.54. The highest BCUT2D eigenvalue weighted by Gasteiger charge is 2.19. The Kier molecular flexibility index (Phi) is 3.71. The van der Waals surface area contributed by atoms with Gasteiger partial charge in [-0.05, 0) is 53.8 Å². The fourth-order valence-corrected chi connectivity index (χ4v) is 1.39. The van der Waals surface area contributed by atoms with Crippen LogP contribution < -0.4 is 5.48 Å². The monoisotopic (exact) mass is 186 g/mol. The summed E-state index contributed by atoms with van der Waals surface area (Å²) in [4.78, 5) is 7.89. The normalized spacial score (nSPS) is 22.2. The van der Waals surface area contributed by atoms with E-state index in [0.717, 1.165) is 0 Å². The molecule has 3 heteroatoms. The lowest BCUT2D eigenvalue weighted by molar-refractivity contribution is -0.0946. The van der Waals surface area contributed by atoms with Gasteiger partial charge in [-0.15, -0.1) is 0 Å². The summed E-state index contributed by atoms with van der Waals surface area (Å²) < 4.78 is 0. The van der Waals surface area contributed by atoms with Gasteiger partial charge in [0, 0.05) is 6.04 Å². The van der Waals surface area contributed by atoms with Crippen molar-refractivity contribution in [2.24, 2.45) is 0 Å². The van der Waals surface area contributed by atoms with Crippen LogP contribution in [0.3, 0.4) is 0 Å². The second kappa shape index (κ2) is 4.40. The second-order valence-electron chi connectivity index (χ2n) is 4.91. The largest absolute Gasteiger partial charge is 0.306 e. The molecule has 0 aromatic heterocycles. The number of nitrogens with zero attached hydrogens (tertiary/aromatic N) is 1. The van der Waals surface area contributed by atoms with Crippen LogP contribution in [0.25, 0.3) is 0 Å². The van der Waals surface area contributed by atoms with E-state index in [4.69, 9.17) is 4.84 Å². The minimum absolute atomic E-state index is 0.0800. The van der Waals surface area contributed by atoms with Crippen LogP contribution >= 0.6 is 0 Å². The summed E-state index contributed by atoms with van der Waals surface area (Å²) in [5.74, 6) is 0. The van der Waals surface area contributed by atoms with Crippen LogP contribution in [0.1, 0.15) is 33.6 Å². The first-order chi connectivity index (χ1) is 5.97. The third kappa shape index (κ3) is 4.60. The van der Waals surface area contributed by atoms with Gasteiger partial charge in [0.15, 0.2) is 0 Å². The highest BCUT2D eigenvalue weighted by molar-refractivity contribution is 4.73. The van der Waals surface area contributed by atoms with E-state index in [1.807, 2.05) is 0 Å². The zero-order valence-corrected chi connectivity index (χ0v) is 9.26. The van der Waals surface area contributed by atoms with Crippen LogP contribution in [0.15, 0.2) is 0 Å². The van der Waals surface area contributed by atoms with Crippen molar-refractivity contribution in [3.63, 3.8) is 0 Å². The molecule has 1 N–H and O–H groups in total. The molecule has 1 fully saturated rings. The molecule has 1 aliphatic rings. The fraction of sp³-hybridized carbons (Fsp3) is 1.00. The zero-order valence-electron chi connectivity index (χ0n) is 9.26. The van der Waals surface area contributed by atoms with Gasteiger partial charge >= 0.3 is 0 Å².